The second-order valence-electron chi connectivity index (χ2n) is 3.69. The molecule has 0 aromatic carbocycles. The van der Waals surface area contributed by atoms with Gasteiger partial charge >= 0.3 is 5.97 Å². The van der Waals surface area contributed by atoms with Crippen LogP contribution in [-0.4, -0.2) is 27.0 Å². The summed E-state index contributed by atoms with van der Waals surface area (Å²) in [6, 6.07) is 1.33. The fourth-order valence-corrected chi connectivity index (χ4v) is 2.17. The van der Waals surface area contributed by atoms with E-state index in [1.807, 2.05) is 0 Å². The average Bonchev–Trinajstić information content (AvgIpc) is 2.69. The number of nitrogens with one attached hydrogen (secondary N) is 1. The van der Waals surface area contributed by atoms with Gasteiger partial charge in [-0.25, -0.2) is 9.78 Å². The van der Waals surface area contributed by atoms with Crippen LogP contribution in [0.2, 0.25) is 0 Å². The summed E-state index contributed by atoms with van der Waals surface area (Å²) in [5, 5.41) is 11.7. The molecule has 0 unspecified atom stereocenters. The number of carbonyl (C=O) groups is 2. The van der Waals surface area contributed by atoms with Crippen molar-refractivity contribution in [2.45, 2.75) is 6.92 Å². The first-order valence-electron chi connectivity index (χ1n) is 5.20. The Hall–Kier alpha value is -2.48. The van der Waals surface area contributed by atoms with Crippen LogP contribution in [-0.2, 0) is 0 Å². The molecule has 7 nitrogen and oxygen atoms in total. The Morgan fingerprint density at radius 2 is 2.16 bits per heavy atom. The van der Waals surface area contributed by atoms with E-state index in [9.17, 15) is 9.59 Å². The first-order chi connectivity index (χ1) is 8.97. The molecule has 2 heterocycles. The van der Waals surface area contributed by atoms with Crippen molar-refractivity contribution in [3.8, 4) is 0 Å². The van der Waals surface area contributed by atoms with Gasteiger partial charge < -0.3 is 16.2 Å². The minimum absolute atomic E-state index is 0.00154. The maximum Gasteiger partial charge on any atom is 0.337 e. The summed E-state index contributed by atoms with van der Waals surface area (Å²) < 4.78 is 0. The number of carboxylic acid groups (broad SMARTS) is 1. The van der Waals surface area contributed by atoms with E-state index in [1.54, 1.807) is 6.92 Å². The first kappa shape index (κ1) is 13.0. The molecule has 0 spiro atoms. The number of hydrogen-bond donors (Lipinski definition) is 3. The van der Waals surface area contributed by atoms with Crippen LogP contribution in [0.1, 0.15) is 25.7 Å². The van der Waals surface area contributed by atoms with E-state index < -0.39 is 11.9 Å². The van der Waals surface area contributed by atoms with E-state index in [1.165, 1.54) is 18.5 Å². The highest BCUT2D eigenvalue weighted by atomic mass is 32.1. The standard InChI is InChI=1S/C11H10N4O3S/c1-5-8(19-11(12)14-5)9(16)15-7-2-6(10(17)18)3-13-4-7/h2-4H,1H3,(H2,12,14)(H,15,16)(H,17,18). The Morgan fingerprint density at radius 3 is 2.74 bits per heavy atom. The fourth-order valence-electron chi connectivity index (χ4n) is 1.44. The lowest BCUT2D eigenvalue weighted by Gasteiger charge is -2.04. The van der Waals surface area contributed by atoms with Gasteiger partial charge in [-0.3, -0.25) is 9.78 Å². The molecule has 0 aliphatic heterocycles. The Kier molecular flexibility index (Phi) is 3.43. The molecule has 0 aliphatic rings. The van der Waals surface area contributed by atoms with Crippen LogP contribution in [0.4, 0.5) is 10.8 Å². The second-order valence-corrected chi connectivity index (χ2v) is 4.72. The summed E-state index contributed by atoms with van der Waals surface area (Å²) in [6.45, 7) is 1.67. The van der Waals surface area contributed by atoms with E-state index >= 15 is 0 Å². The Labute approximate surface area is 112 Å². The van der Waals surface area contributed by atoms with Gasteiger partial charge in [0.25, 0.3) is 5.91 Å². The molecule has 0 bridgehead atoms. The molecule has 2 aromatic rings. The molecule has 0 radical (unpaired) electrons. The van der Waals surface area contributed by atoms with E-state index in [2.05, 4.69) is 15.3 Å². The van der Waals surface area contributed by atoms with Crippen molar-refractivity contribution in [1.29, 1.82) is 0 Å². The van der Waals surface area contributed by atoms with Crippen LogP contribution < -0.4 is 11.1 Å². The molecule has 0 atom stereocenters. The third-order valence-corrected chi connectivity index (χ3v) is 3.25. The number of nitrogens with zero attached hydrogens (tertiary/aromatic N) is 2. The number of hydrogen-bond acceptors (Lipinski definition) is 6. The zero-order valence-electron chi connectivity index (χ0n) is 9.88. The smallest absolute Gasteiger partial charge is 0.337 e. The van der Waals surface area contributed by atoms with E-state index in [4.69, 9.17) is 10.8 Å². The van der Waals surface area contributed by atoms with Crippen LogP contribution in [0.5, 0.6) is 0 Å². The Morgan fingerprint density at radius 1 is 1.42 bits per heavy atom. The predicted molar refractivity (Wildman–Crippen MR) is 70.4 cm³/mol. The highest BCUT2D eigenvalue weighted by Gasteiger charge is 2.15. The summed E-state index contributed by atoms with van der Waals surface area (Å²) in [5.74, 6) is -1.50. The number of aryl methyl sites for hydroxylation is 1. The minimum Gasteiger partial charge on any atom is -0.478 e. The molecule has 2 rings (SSSR count). The molecule has 0 saturated carbocycles. The van der Waals surface area contributed by atoms with Gasteiger partial charge in [-0.2, -0.15) is 0 Å². The zero-order valence-corrected chi connectivity index (χ0v) is 10.7. The summed E-state index contributed by atoms with van der Waals surface area (Å²) in [5.41, 5.74) is 6.34. The van der Waals surface area contributed by atoms with Crippen LogP contribution >= 0.6 is 11.3 Å². The molecule has 0 fully saturated rings. The van der Waals surface area contributed by atoms with Crippen LogP contribution in [0.25, 0.3) is 0 Å². The lowest BCUT2D eigenvalue weighted by Crippen LogP contribution is -2.12. The van der Waals surface area contributed by atoms with E-state index in [0.717, 1.165) is 11.3 Å². The molecular weight excluding hydrogens is 268 g/mol. The molecule has 19 heavy (non-hydrogen) atoms. The molecule has 0 aliphatic carbocycles. The number of carboxylic acids is 1. The largest absolute Gasteiger partial charge is 0.478 e. The summed E-state index contributed by atoms with van der Waals surface area (Å²) in [7, 11) is 0. The quantitative estimate of drug-likeness (QED) is 0.780. The molecule has 2 aromatic heterocycles. The lowest BCUT2D eigenvalue weighted by molar-refractivity contribution is 0.0696. The monoisotopic (exact) mass is 278 g/mol. The summed E-state index contributed by atoms with van der Waals surface area (Å²) >= 11 is 1.07. The number of nitrogens with two attached hydrogens (primary N) is 1. The molecule has 1 amide bonds. The Bertz CT molecular complexity index is 653. The second kappa shape index (κ2) is 5.02. The van der Waals surface area contributed by atoms with Crippen molar-refractivity contribution in [3.05, 3.63) is 34.6 Å². The number of aromatic carboxylic acids is 1. The van der Waals surface area contributed by atoms with E-state index in [0.29, 0.717) is 21.4 Å². The summed E-state index contributed by atoms with van der Waals surface area (Å²) in [6.07, 6.45) is 2.57. The van der Waals surface area contributed by atoms with Crippen molar-refractivity contribution in [1.82, 2.24) is 9.97 Å². The normalized spacial score (nSPS) is 10.2. The Balaban J connectivity index is 2.21. The number of aromatic nitrogens is 2. The number of thiazole rings is 1. The van der Waals surface area contributed by atoms with Crippen LogP contribution in [0.3, 0.4) is 0 Å². The molecule has 98 valence electrons. The third-order valence-electron chi connectivity index (χ3n) is 2.26. The molecule has 4 N–H and O–H groups in total. The lowest BCUT2D eigenvalue weighted by atomic mass is 10.2. The van der Waals surface area contributed by atoms with Gasteiger partial charge in [-0.1, -0.05) is 11.3 Å². The van der Waals surface area contributed by atoms with E-state index in [-0.39, 0.29) is 5.56 Å². The van der Waals surface area contributed by atoms with Gasteiger partial charge in [0, 0.05) is 6.20 Å². The van der Waals surface area contributed by atoms with Crippen molar-refractivity contribution in [2.75, 3.05) is 11.1 Å². The average molecular weight is 278 g/mol. The number of nitrogen functional groups attached to an aromatic ring is 1. The zero-order chi connectivity index (χ0) is 14.0. The molecule has 0 saturated heterocycles. The third kappa shape index (κ3) is 2.86. The topological polar surface area (TPSA) is 118 Å². The van der Waals surface area contributed by atoms with Crippen molar-refractivity contribution in [2.24, 2.45) is 0 Å². The predicted octanol–water partition coefficient (Wildman–Crippen LogP) is 1.38. The fraction of sp³-hybridized carbons (Fsp3) is 0.0909. The summed E-state index contributed by atoms with van der Waals surface area (Å²) in [4.78, 5) is 30.8. The number of amides is 1. The van der Waals surface area contributed by atoms with Crippen molar-refractivity contribution in [3.63, 3.8) is 0 Å². The minimum atomic E-state index is -1.11. The highest BCUT2D eigenvalue weighted by Crippen LogP contribution is 2.21. The van der Waals surface area contributed by atoms with Gasteiger partial charge in [0.05, 0.1) is 23.1 Å². The van der Waals surface area contributed by atoms with Gasteiger partial charge in [0.1, 0.15) is 4.88 Å². The number of rotatable bonds is 3. The van der Waals surface area contributed by atoms with Crippen LogP contribution in [0.15, 0.2) is 18.5 Å². The maximum absolute atomic E-state index is 12.0. The van der Waals surface area contributed by atoms with Gasteiger partial charge in [0.2, 0.25) is 0 Å². The van der Waals surface area contributed by atoms with Gasteiger partial charge in [-0.05, 0) is 13.0 Å². The van der Waals surface area contributed by atoms with Crippen LogP contribution in [0, 0.1) is 6.92 Å². The van der Waals surface area contributed by atoms with Crippen molar-refractivity contribution >= 4 is 34.0 Å². The molecule has 8 heteroatoms. The van der Waals surface area contributed by atoms with Crippen molar-refractivity contribution < 1.29 is 14.7 Å². The number of carbonyl (C=O) groups excluding carboxylic acids is 1. The maximum atomic E-state index is 12.0. The molecular formula is C11H10N4O3S. The number of pyridine rings is 1. The highest BCUT2D eigenvalue weighted by molar-refractivity contribution is 7.17. The van der Waals surface area contributed by atoms with Gasteiger partial charge in [-0.15, -0.1) is 0 Å². The number of anilines is 2. The SMILES string of the molecule is Cc1nc(N)sc1C(=O)Nc1cncc(C(=O)O)c1. The van der Waals surface area contributed by atoms with Gasteiger partial charge in [0.15, 0.2) is 5.13 Å². The first-order valence-corrected chi connectivity index (χ1v) is 6.01.